The lowest BCUT2D eigenvalue weighted by Crippen LogP contribution is -2.53. The second-order valence-electron chi connectivity index (χ2n) is 7.67. The average molecular weight is 476 g/mol. The maximum Gasteiger partial charge on any atom is 0.257 e. The summed E-state index contributed by atoms with van der Waals surface area (Å²) in [7, 11) is -1.98. The van der Waals surface area contributed by atoms with Gasteiger partial charge in [-0.1, -0.05) is 17.7 Å². The Morgan fingerprint density at radius 2 is 1.52 bits per heavy atom. The van der Waals surface area contributed by atoms with Gasteiger partial charge in [-0.3, -0.25) is 25.3 Å². The average Bonchev–Trinajstić information content (AvgIpc) is 2.82. The second-order valence-corrected chi connectivity index (χ2v) is 9.61. The molecule has 0 unspecified atom stereocenters. The zero-order chi connectivity index (χ0) is 23.8. The molecule has 0 aromatic heterocycles. The van der Waals surface area contributed by atoms with Crippen molar-refractivity contribution in [1.29, 1.82) is 0 Å². The number of ether oxygens (including phenoxy) is 1. The van der Waals surface area contributed by atoms with Gasteiger partial charge in [0.2, 0.25) is 10.0 Å². The molecule has 2 aromatic carbocycles. The molecule has 3 N–H and O–H groups in total. The normalized spacial score (nSPS) is 15.0. The van der Waals surface area contributed by atoms with E-state index in [0.29, 0.717) is 31.9 Å². The van der Waals surface area contributed by atoms with E-state index in [1.165, 1.54) is 4.31 Å². The third-order valence-corrected chi connectivity index (χ3v) is 7.15. The molecule has 0 aliphatic carbocycles. The number of aryl methyl sites for hydroxylation is 1. The number of benzene rings is 2. The highest BCUT2D eigenvalue weighted by molar-refractivity contribution is 7.89. The molecule has 1 aliphatic heterocycles. The van der Waals surface area contributed by atoms with Crippen LogP contribution in [0.25, 0.3) is 0 Å². The van der Waals surface area contributed by atoms with Crippen LogP contribution in [0.4, 0.5) is 5.69 Å². The fraction of sp³-hybridized carbons (Fsp3) is 0.364. The second kappa shape index (κ2) is 11.1. The first-order valence-electron chi connectivity index (χ1n) is 10.5. The molecule has 178 valence electrons. The third kappa shape index (κ3) is 6.91. The molecular formula is C22H29N5O5S. The Balaban J connectivity index is 1.37. The number of hydrogen-bond acceptors (Lipinski definition) is 7. The van der Waals surface area contributed by atoms with Gasteiger partial charge in [-0.05, 0) is 43.3 Å². The van der Waals surface area contributed by atoms with Crippen LogP contribution in [0, 0.1) is 6.92 Å². The van der Waals surface area contributed by atoms with Crippen molar-refractivity contribution in [1.82, 2.24) is 20.1 Å². The highest BCUT2D eigenvalue weighted by Gasteiger charge is 2.29. The highest BCUT2D eigenvalue weighted by atomic mass is 32.2. The van der Waals surface area contributed by atoms with Crippen molar-refractivity contribution in [2.75, 3.05) is 51.7 Å². The standard InChI is InChI=1S/C22H29N5O5S/c1-17-3-9-20(10-4-17)33(30,31)27-13-11-26(12-14-27)16-22(29)25-24-21(28)15-23-18-5-7-19(32-2)8-6-18/h3-10,23H,11-16H2,1-2H3,(H,24,28)(H,25,29). The van der Waals surface area contributed by atoms with Gasteiger partial charge in [0.15, 0.2) is 0 Å². The number of rotatable bonds is 8. The Labute approximate surface area is 193 Å². The Morgan fingerprint density at radius 1 is 0.909 bits per heavy atom. The molecule has 0 bridgehead atoms. The summed E-state index contributed by atoms with van der Waals surface area (Å²) in [6.45, 7) is 3.38. The van der Waals surface area contributed by atoms with Gasteiger partial charge in [0, 0.05) is 31.9 Å². The first-order chi connectivity index (χ1) is 15.8. The molecule has 10 nitrogen and oxygen atoms in total. The smallest absolute Gasteiger partial charge is 0.257 e. The maximum atomic E-state index is 12.8. The SMILES string of the molecule is COc1ccc(NCC(=O)NNC(=O)CN2CCN(S(=O)(=O)c3ccc(C)cc3)CC2)cc1. The number of hydrazine groups is 1. The Bertz CT molecular complexity index is 1050. The number of nitrogens with one attached hydrogen (secondary N) is 3. The van der Waals surface area contributed by atoms with E-state index in [1.807, 2.05) is 11.8 Å². The van der Waals surface area contributed by atoms with E-state index >= 15 is 0 Å². The molecule has 0 saturated carbocycles. The fourth-order valence-electron chi connectivity index (χ4n) is 3.30. The monoisotopic (exact) mass is 475 g/mol. The Kier molecular flexibility index (Phi) is 8.26. The van der Waals surface area contributed by atoms with E-state index in [-0.39, 0.29) is 23.9 Å². The summed E-state index contributed by atoms with van der Waals surface area (Å²) in [5, 5.41) is 2.94. The van der Waals surface area contributed by atoms with Crippen LogP contribution in [-0.2, 0) is 19.6 Å². The summed E-state index contributed by atoms with van der Waals surface area (Å²) in [5.74, 6) is -0.0540. The lowest BCUT2D eigenvalue weighted by atomic mass is 10.2. The third-order valence-electron chi connectivity index (χ3n) is 5.24. The van der Waals surface area contributed by atoms with Gasteiger partial charge >= 0.3 is 0 Å². The van der Waals surface area contributed by atoms with Gasteiger partial charge in [0.25, 0.3) is 11.8 Å². The molecular weight excluding hydrogens is 446 g/mol. The predicted octanol–water partition coefficient (Wildman–Crippen LogP) is 0.569. The van der Waals surface area contributed by atoms with Crippen LogP contribution >= 0.6 is 0 Å². The minimum Gasteiger partial charge on any atom is -0.497 e. The molecule has 2 aromatic rings. The lowest BCUT2D eigenvalue weighted by Gasteiger charge is -2.33. The summed E-state index contributed by atoms with van der Waals surface area (Å²) >= 11 is 0. The van der Waals surface area contributed by atoms with E-state index in [9.17, 15) is 18.0 Å². The van der Waals surface area contributed by atoms with Crippen LogP contribution < -0.4 is 20.9 Å². The number of carbonyl (C=O) groups excluding carboxylic acids is 2. The van der Waals surface area contributed by atoms with Crippen LogP contribution in [0.15, 0.2) is 53.4 Å². The van der Waals surface area contributed by atoms with Crippen LogP contribution in [-0.4, -0.2) is 75.8 Å². The summed E-state index contributed by atoms with van der Waals surface area (Å²) in [6, 6.07) is 13.9. The zero-order valence-corrected chi connectivity index (χ0v) is 19.5. The highest BCUT2D eigenvalue weighted by Crippen LogP contribution is 2.18. The van der Waals surface area contributed by atoms with Gasteiger partial charge in [-0.2, -0.15) is 4.31 Å². The van der Waals surface area contributed by atoms with Gasteiger partial charge < -0.3 is 10.1 Å². The first kappa shape index (κ1) is 24.5. The predicted molar refractivity (Wildman–Crippen MR) is 124 cm³/mol. The molecule has 1 heterocycles. The maximum absolute atomic E-state index is 12.8. The number of methoxy groups -OCH3 is 1. The van der Waals surface area contributed by atoms with Gasteiger partial charge in [-0.25, -0.2) is 8.42 Å². The Hall–Kier alpha value is -3.15. The minimum absolute atomic E-state index is 0.0118. The van der Waals surface area contributed by atoms with Crippen molar-refractivity contribution in [3.05, 3.63) is 54.1 Å². The van der Waals surface area contributed by atoms with Crippen LogP contribution in [0.3, 0.4) is 0 Å². The molecule has 3 rings (SSSR count). The number of carbonyl (C=O) groups is 2. The fourth-order valence-corrected chi connectivity index (χ4v) is 4.73. The summed E-state index contributed by atoms with van der Waals surface area (Å²) in [6.07, 6.45) is 0. The molecule has 2 amide bonds. The van der Waals surface area contributed by atoms with Crippen molar-refractivity contribution >= 4 is 27.5 Å². The lowest BCUT2D eigenvalue weighted by molar-refractivity contribution is -0.128. The number of piperazine rings is 1. The molecule has 33 heavy (non-hydrogen) atoms. The van der Waals surface area contributed by atoms with E-state index in [1.54, 1.807) is 55.6 Å². The molecule has 1 saturated heterocycles. The Morgan fingerprint density at radius 3 is 2.12 bits per heavy atom. The molecule has 11 heteroatoms. The van der Waals surface area contributed by atoms with Crippen LogP contribution in [0.1, 0.15) is 5.56 Å². The number of anilines is 1. The topological polar surface area (TPSA) is 120 Å². The van der Waals surface area contributed by atoms with Crippen molar-refractivity contribution < 1.29 is 22.7 Å². The van der Waals surface area contributed by atoms with E-state index in [4.69, 9.17) is 4.74 Å². The number of amides is 2. The van der Waals surface area contributed by atoms with E-state index in [0.717, 1.165) is 11.3 Å². The number of hydrogen-bond donors (Lipinski definition) is 3. The number of nitrogens with zero attached hydrogens (tertiary/aromatic N) is 2. The molecule has 0 radical (unpaired) electrons. The van der Waals surface area contributed by atoms with Crippen LogP contribution in [0.2, 0.25) is 0 Å². The molecule has 0 spiro atoms. The van der Waals surface area contributed by atoms with Crippen molar-refractivity contribution in [3.63, 3.8) is 0 Å². The van der Waals surface area contributed by atoms with Crippen molar-refractivity contribution in [3.8, 4) is 5.75 Å². The zero-order valence-electron chi connectivity index (χ0n) is 18.7. The summed E-state index contributed by atoms with van der Waals surface area (Å²) in [5.41, 5.74) is 6.49. The summed E-state index contributed by atoms with van der Waals surface area (Å²) in [4.78, 5) is 26.2. The first-order valence-corrected chi connectivity index (χ1v) is 12.0. The number of sulfonamides is 1. The molecule has 0 atom stereocenters. The van der Waals surface area contributed by atoms with Gasteiger partial charge in [0.05, 0.1) is 25.1 Å². The molecule has 1 fully saturated rings. The largest absolute Gasteiger partial charge is 0.497 e. The van der Waals surface area contributed by atoms with Crippen LogP contribution in [0.5, 0.6) is 5.75 Å². The molecule has 1 aliphatic rings. The van der Waals surface area contributed by atoms with Crippen molar-refractivity contribution in [2.45, 2.75) is 11.8 Å². The van der Waals surface area contributed by atoms with Crippen molar-refractivity contribution in [2.24, 2.45) is 0 Å². The van der Waals surface area contributed by atoms with Gasteiger partial charge in [-0.15, -0.1) is 0 Å². The minimum atomic E-state index is -3.55. The van der Waals surface area contributed by atoms with Gasteiger partial charge in [0.1, 0.15) is 5.75 Å². The summed E-state index contributed by atoms with van der Waals surface area (Å²) < 4.78 is 32.0. The van der Waals surface area contributed by atoms with E-state index in [2.05, 4.69) is 16.2 Å². The quantitative estimate of drug-likeness (QED) is 0.478. The van der Waals surface area contributed by atoms with E-state index < -0.39 is 15.9 Å².